The molecule has 1 saturated heterocycles. The first-order valence-corrected chi connectivity index (χ1v) is 5.70. The largest absolute Gasteiger partial charge is 0.381 e. The third kappa shape index (κ3) is 2.73. The molecule has 4 nitrogen and oxygen atoms in total. The lowest BCUT2D eigenvalue weighted by Gasteiger charge is -2.12. The van der Waals surface area contributed by atoms with E-state index in [0.29, 0.717) is 18.9 Å². The van der Waals surface area contributed by atoms with Crippen LogP contribution in [0, 0.1) is 5.92 Å². The molecule has 2 N–H and O–H groups in total. The zero-order valence-corrected chi connectivity index (χ0v) is 8.01. The van der Waals surface area contributed by atoms with E-state index in [1.54, 1.807) is 6.92 Å². The highest BCUT2D eigenvalue weighted by atomic mass is 32.2. The van der Waals surface area contributed by atoms with Gasteiger partial charge in [-0.05, 0) is 25.7 Å². The van der Waals surface area contributed by atoms with E-state index in [1.165, 1.54) is 0 Å². The summed E-state index contributed by atoms with van der Waals surface area (Å²) in [5.74, 6) is 0.373. The predicted molar refractivity (Wildman–Crippen MR) is 46.1 cm³/mol. The summed E-state index contributed by atoms with van der Waals surface area (Å²) in [5.41, 5.74) is 0. The van der Waals surface area contributed by atoms with Crippen LogP contribution in [0.5, 0.6) is 0 Å². The molecule has 0 aromatic carbocycles. The van der Waals surface area contributed by atoms with E-state index in [1.807, 2.05) is 0 Å². The van der Waals surface area contributed by atoms with Gasteiger partial charge in [0.15, 0.2) is 0 Å². The second-order valence-corrected chi connectivity index (χ2v) is 5.35. The SMILES string of the molecule is CC(CC1CCOC1)S(N)(=O)=O. The molecule has 0 radical (unpaired) electrons. The maximum atomic E-state index is 10.9. The lowest BCUT2D eigenvalue weighted by molar-refractivity contribution is 0.184. The van der Waals surface area contributed by atoms with E-state index in [4.69, 9.17) is 9.88 Å². The van der Waals surface area contributed by atoms with Crippen molar-refractivity contribution in [2.75, 3.05) is 13.2 Å². The first kappa shape index (κ1) is 9.95. The molecule has 0 spiro atoms. The van der Waals surface area contributed by atoms with Gasteiger partial charge in [-0.15, -0.1) is 0 Å². The van der Waals surface area contributed by atoms with Gasteiger partial charge in [0, 0.05) is 13.2 Å². The minimum absolute atomic E-state index is 0.373. The van der Waals surface area contributed by atoms with E-state index in [0.717, 1.165) is 13.0 Å². The summed E-state index contributed by atoms with van der Waals surface area (Å²) in [5, 5.41) is 4.55. The smallest absolute Gasteiger partial charge is 0.211 e. The minimum atomic E-state index is -3.35. The van der Waals surface area contributed by atoms with Gasteiger partial charge in [0.25, 0.3) is 0 Å². The highest BCUT2D eigenvalue weighted by Gasteiger charge is 2.23. The van der Waals surface area contributed by atoms with Gasteiger partial charge in [-0.2, -0.15) is 0 Å². The Kier molecular flexibility index (Phi) is 3.09. The summed E-state index contributed by atoms with van der Waals surface area (Å²) in [6.45, 7) is 3.08. The number of rotatable bonds is 3. The van der Waals surface area contributed by atoms with Gasteiger partial charge in [-0.1, -0.05) is 0 Å². The van der Waals surface area contributed by atoms with Crippen LogP contribution in [-0.4, -0.2) is 26.9 Å². The summed E-state index contributed by atoms with van der Waals surface area (Å²) in [6.07, 6.45) is 1.58. The molecule has 5 heteroatoms. The molecule has 72 valence electrons. The summed E-state index contributed by atoms with van der Waals surface area (Å²) < 4.78 is 26.8. The van der Waals surface area contributed by atoms with Crippen LogP contribution in [0.4, 0.5) is 0 Å². The van der Waals surface area contributed by atoms with Crippen LogP contribution in [0.15, 0.2) is 0 Å². The Labute approximate surface area is 73.1 Å². The Bertz CT molecular complexity index is 231. The van der Waals surface area contributed by atoms with E-state index in [2.05, 4.69) is 0 Å². The van der Waals surface area contributed by atoms with Crippen LogP contribution in [0.1, 0.15) is 19.8 Å². The highest BCUT2D eigenvalue weighted by molar-refractivity contribution is 7.89. The van der Waals surface area contributed by atoms with Crippen molar-refractivity contribution in [2.45, 2.75) is 25.0 Å². The number of primary sulfonamides is 1. The predicted octanol–water partition coefficient (Wildman–Crippen LogP) is 0.0900. The third-order valence-corrected chi connectivity index (χ3v) is 3.56. The first-order chi connectivity index (χ1) is 5.50. The fraction of sp³-hybridized carbons (Fsp3) is 1.00. The Morgan fingerprint density at radius 2 is 2.33 bits per heavy atom. The molecular weight excluding hydrogens is 178 g/mol. The van der Waals surface area contributed by atoms with Crippen LogP contribution in [0.2, 0.25) is 0 Å². The molecular formula is C7H15NO3S. The Balaban J connectivity index is 2.40. The number of hydrogen-bond acceptors (Lipinski definition) is 3. The lowest BCUT2D eigenvalue weighted by atomic mass is 10.0. The molecule has 12 heavy (non-hydrogen) atoms. The van der Waals surface area contributed by atoms with Crippen molar-refractivity contribution in [1.29, 1.82) is 0 Å². The number of hydrogen-bond donors (Lipinski definition) is 1. The normalized spacial score (nSPS) is 27.3. The molecule has 1 aliphatic heterocycles. The van der Waals surface area contributed by atoms with Crippen molar-refractivity contribution in [1.82, 2.24) is 0 Å². The van der Waals surface area contributed by atoms with Crippen molar-refractivity contribution in [3.63, 3.8) is 0 Å². The van der Waals surface area contributed by atoms with Gasteiger partial charge in [0.1, 0.15) is 0 Å². The molecule has 0 aliphatic carbocycles. The molecule has 1 rings (SSSR count). The summed E-state index contributed by atoms with van der Waals surface area (Å²) in [6, 6.07) is 0. The Morgan fingerprint density at radius 3 is 2.75 bits per heavy atom. The van der Waals surface area contributed by atoms with Crippen LogP contribution in [0.3, 0.4) is 0 Å². The van der Waals surface area contributed by atoms with Crippen molar-refractivity contribution >= 4 is 10.0 Å². The van der Waals surface area contributed by atoms with E-state index >= 15 is 0 Å². The van der Waals surface area contributed by atoms with Crippen LogP contribution >= 0.6 is 0 Å². The van der Waals surface area contributed by atoms with Crippen molar-refractivity contribution in [2.24, 2.45) is 11.1 Å². The maximum Gasteiger partial charge on any atom is 0.211 e. The van der Waals surface area contributed by atoms with Gasteiger partial charge in [-0.3, -0.25) is 0 Å². The molecule has 2 atom stereocenters. The van der Waals surface area contributed by atoms with E-state index in [-0.39, 0.29) is 0 Å². The summed E-state index contributed by atoms with van der Waals surface area (Å²) in [4.78, 5) is 0. The van der Waals surface area contributed by atoms with Crippen molar-refractivity contribution < 1.29 is 13.2 Å². The van der Waals surface area contributed by atoms with E-state index in [9.17, 15) is 8.42 Å². The Morgan fingerprint density at radius 1 is 1.67 bits per heavy atom. The molecule has 0 amide bonds. The average molecular weight is 193 g/mol. The van der Waals surface area contributed by atoms with Gasteiger partial charge >= 0.3 is 0 Å². The second-order valence-electron chi connectivity index (χ2n) is 3.36. The molecule has 1 fully saturated rings. The molecule has 2 unspecified atom stereocenters. The van der Waals surface area contributed by atoms with Gasteiger partial charge in [0.2, 0.25) is 10.0 Å². The summed E-state index contributed by atoms with van der Waals surface area (Å²) in [7, 11) is -3.35. The third-order valence-electron chi connectivity index (χ3n) is 2.25. The van der Waals surface area contributed by atoms with Gasteiger partial charge < -0.3 is 4.74 Å². The molecule has 1 heterocycles. The number of sulfonamides is 1. The quantitative estimate of drug-likeness (QED) is 0.690. The van der Waals surface area contributed by atoms with Crippen LogP contribution in [0.25, 0.3) is 0 Å². The second kappa shape index (κ2) is 3.72. The standard InChI is InChI=1S/C7H15NO3S/c1-6(12(8,9)10)4-7-2-3-11-5-7/h6-7H,2-5H2,1H3,(H2,8,9,10). The lowest BCUT2D eigenvalue weighted by Crippen LogP contribution is -2.28. The molecule has 0 saturated carbocycles. The van der Waals surface area contributed by atoms with E-state index < -0.39 is 15.3 Å². The average Bonchev–Trinajstić information content (AvgIpc) is 2.37. The summed E-state index contributed by atoms with van der Waals surface area (Å²) >= 11 is 0. The zero-order valence-electron chi connectivity index (χ0n) is 7.19. The minimum Gasteiger partial charge on any atom is -0.381 e. The first-order valence-electron chi connectivity index (χ1n) is 4.09. The van der Waals surface area contributed by atoms with Gasteiger partial charge in [0.05, 0.1) is 5.25 Å². The van der Waals surface area contributed by atoms with Crippen LogP contribution in [-0.2, 0) is 14.8 Å². The Hall–Kier alpha value is -0.130. The maximum absolute atomic E-state index is 10.9. The zero-order chi connectivity index (χ0) is 9.19. The van der Waals surface area contributed by atoms with Gasteiger partial charge in [-0.25, -0.2) is 13.6 Å². The monoisotopic (exact) mass is 193 g/mol. The van der Waals surface area contributed by atoms with Crippen molar-refractivity contribution in [3.8, 4) is 0 Å². The highest BCUT2D eigenvalue weighted by Crippen LogP contribution is 2.20. The fourth-order valence-corrected chi connectivity index (χ4v) is 1.91. The molecule has 0 aromatic rings. The molecule has 0 aromatic heterocycles. The van der Waals surface area contributed by atoms with Crippen LogP contribution < -0.4 is 5.14 Å². The van der Waals surface area contributed by atoms with Crippen molar-refractivity contribution in [3.05, 3.63) is 0 Å². The molecule has 0 bridgehead atoms. The topological polar surface area (TPSA) is 69.4 Å². The fourth-order valence-electron chi connectivity index (χ4n) is 1.37. The number of nitrogens with two attached hydrogens (primary N) is 1. The molecule has 1 aliphatic rings. The number of ether oxygens (including phenoxy) is 1.